The fourth-order valence-electron chi connectivity index (χ4n) is 11.1. The van der Waals surface area contributed by atoms with Crippen LogP contribution in [0.25, 0.3) is 22.3 Å². The molecule has 8 rings (SSSR count). The molecule has 3 aliphatic heterocycles. The minimum Gasteiger partial charge on any atom is -0.426 e. The Bertz CT molecular complexity index is 3390. The van der Waals surface area contributed by atoms with Crippen molar-refractivity contribution in [2.45, 2.75) is 151 Å². The van der Waals surface area contributed by atoms with Crippen molar-refractivity contribution in [2.24, 2.45) is 5.92 Å². The number of aliphatic hydroxyl groups is 7. The third-order valence-corrected chi connectivity index (χ3v) is 18.9. The number of hydrogen-bond acceptors (Lipinski definition) is 18. The molecule has 7 amide bonds. The maximum atomic E-state index is 14.8. The lowest BCUT2D eigenvalue weighted by Crippen LogP contribution is -2.64. The number of rotatable bonds is 18. The van der Waals surface area contributed by atoms with Crippen LogP contribution in [0.1, 0.15) is 61.2 Å². The van der Waals surface area contributed by atoms with Crippen LogP contribution in [0, 0.1) is 5.92 Å². The average molecular weight is 1310 g/mol. The molecule has 5 aromatic rings. The molecule has 12 N–H and O–H groups in total. The maximum Gasteiger partial charge on any atom is 0.368 e. The molecular formula is C65H82N7O18PSi. The Morgan fingerprint density at radius 3 is 1.75 bits per heavy atom. The molecule has 0 radical (unpaired) electrons. The average Bonchev–Trinajstić information content (AvgIpc) is 1.61. The third kappa shape index (κ3) is 17.9. The highest BCUT2D eigenvalue weighted by atomic mass is 31.1. The van der Waals surface area contributed by atoms with Gasteiger partial charge in [0.15, 0.2) is 6.23 Å². The highest BCUT2D eigenvalue weighted by Gasteiger charge is 2.50. The van der Waals surface area contributed by atoms with Crippen LogP contribution in [0.2, 0.25) is 25.7 Å². The van der Waals surface area contributed by atoms with Crippen LogP contribution in [0.4, 0.5) is 0 Å². The number of benzene rings is 5. The summed E-state index contributed by atoms with van der Waals surface area (Å²) in [5.74, 6) is -8.84. The Morgan fingerprint density at radius 1 is 0.641 bits per heavy atom. The number of ether oxygens (including phenoxy) is 1. The Kier molecular flexibility index (Phi) is 23.8. The van der Waals surface area contributed by atoms with Crippen molar-refractivity contribution in [3.63, 3.8) is 0 Å². The number of fused-ring (bicyclic) bond motifs is 2. The normalized spacial score (nSPS) is 26.3. The maximum absolute atomic E-state index is 14.8. The van der Waals surface area contributed by atoms with Crippen molar-refractivity contribution in [3.8, 4) is 28.0 Å². The Balaban J connectivity index is 1.13. The molecule has 2 unspecified atom stereocenters. The zero-order chi connectivity index (χ0) is 66.7. The molecule has 27 heteroatoms. The van der Waals surface area contributed by atoms with Gasteiger partial charge in [-0.2, -0.15) is 0 Å². The molecule has 16 atom stereocenters. The molecular weight excluding hydrogens is 1230 g/mol. The van der Waals surface area contributed by atoms with Crippen LogP contribution in [0.3, 0.4) is 0 Å². The van der Waals surface area contributed by atoms with Crippen molar-refractivity contribution >= 4 is 57.7 Å². The zero-order valence-corrected chi connectivity index (χ0v) is 53.8. The number of nitrogens with one attached hydrogen (secondary N) is 5. The molecule has 0 saturated carbocycles. The Morgan fingerprint density at radius 2 is 1.17 bits per heavy atom. The van der Waals surface area contributed by atoms with E-state index in [1.54, 1.807) is 42.5 Å². The van der Waals surface area contributed by atoms with Gasteiger partial charge in [0.05, 0.1) is 31.0 Å². The first-order chi connectivity index (χ1) is 43.7. The molecule has 25 nitrogen and oxygen atoms in total. The molecule has 3 aliphatic rings. The van der Waals surface area contributed by atoms with E-state index in [0.29, 0.717) is 6.04 Å². The molecule has 494 valence electrons. The molecule has 5 aromatic carbocycles. The minimum absolute atomic E-state index is 0.0179. The van der Waals surface area contributed by atoms with E-state index < -0.39 is 168 Å². The van der Waals surface area contributed by atoms with E-state index in [9.17, 15) is 73.9 Å². The fraction of sp³-hybridized carbons (Fsp3) is 0.431. The van der Waals surface area contributed by atoms with Gasteiger partial charge in [-0.15, -0.1) is 0 Å². The van der Waals surface area contributed by atoms with Gasteiger partial charge >= 0.3 is 8.25 Å². The number of amides is 7. The highest BCUT2D eigenvalue weighted by Crippen LogP contribution is 2.33. The van der Waals surface area contributed by atoms with Crippen LogP contribution >= 0.6 is 8.25 Å². The van der Waals surface area contributed by atoms with Crippen molar-refractivity contribution in [3.05, 3.63) is 150 Å². The topological polar surface area (TPSA) is 372 Å². The minimum atomic E-state index is -3.11. The molecule has 0 aromatic heterocycles. The van der Waals surface area contributed by atoms with Gasteiger partial charge in [0.1, 0.15) is 60.3 Å². The van der Waals surface area contributed by atoms with Gasteiger partial charge in [0.2, 0.25) is 35.4 Å². The van der Waals surface area contributed by atoms with Gasteiger partial charge in [-0.25, -0.2) is 4.57 Å². The highest BCUT2D eigenvalue weighted by molar-refractivity contribution is 7.33. The van der Waals surface area contributed by atoms with Crippen LogP contribution in [0.5, 0.6) is 5.75 Å². The van der Waals surface area contributed by atoms with Gasteiger partial charge in [-0.1, -0.05) is 136 Å². The summed E-state index contributed by atoms with van der Waals surface area (Å²) in [5.41, 5.74) is 4.26. The van der Waals surface area contributed by atoms with E-state index in [1.807, 2.05) is 74.2 Å². The van der Waals surface area contributed by atoms with Crippen LogP contribution in [-0.2, 0) is 49.2 Å². The van der Waals surface area contributed by atoms with Crippen LogP contribution in [-0.4, -0.2) is 194 Å². The van der Waals surface area contributed by atoms with E-state index in [0.717, 1.165) is 51.5 Å². The molecule has 3 fully saturated rings. The third-order valence-electron chi connectivity index (χ3n) is 16.5. The van der Waals surface area contributed by atoms with Gasteiger partial charge in [0.25, 0.3) is 5.91 Å². The summed E-state index contributed by atoms with van der Waals surface area (Å²) >= 11 is 0. The van der Waals surface area contributed by atoms with E-state index in [1.165, 1.54) is 43.3 Å². The van der Waals surface area contributed by atoms with Crippen LogP contribution < -0.4 is 31.1 Å². The van der Waals surface area contributed by atoms with Crippen molar-refractivity contribution in [2.75, 3.05) is 19.7 Å². The first kappa shape index (κ1) is 70.2. The molecule has 0 spiro atoms. The largest absolute Gasteiger partial charge is 0.426 e. The van der Waals surface area contributed by atoms with E-state index >= 15 is 0 Å². The summed E-state index contributed by atoms with van der Waals surface area (Å²) in [7, 11) is -5.03. The lowest BCUT2D eigenvalue weighted by molar-refractivity contribution is -0.149. The smallest absolute Gasteiger partial charge is 0.368 e. The molecule has 0 aliphatic carbocycles. The number of aliphatic hydroxyl groups excluding tert-OH is 7. The summed E-state index contributed by atoms with van der Waals surface area (Å²) in [5, 5.41) is 93.7. The summed E-state index contributed by atoms with van der Waals surface area (Å²) in [4.78, 5) is 105. The SMILES string of the molecule is C[C@@H](O)[C@@H]1NC(=O)[C@H]([C@H](O)[C@@H](O)c2ccc(O[PH](=O)OCc3ccccc3)cc2)NC(=O)[C@@H]2C[C@@H](O)CN2C(=O)[C@H]([C@@H](C)O)NC(=O)C(NC(=O)c2ccc(-c3ccc(-c4ccccc4)cc3)cc2)C[C@@H](O)[C@@H](OCC[Si](C)(C)C)NC(=O)[C@@H]2[C@@H](O)[C@@H](C)CN2C1=O. The predicted octanol–water partition coefficient (Wildman–Crippen LogP) is 2.15. The van der Waals surface area contributed by atoms with Gasteiger partial charge in [0, 0.05) is 52.1 Å². The standard InChI is InChI=1S/C65H82N7O18PSi/c1-36-33-72-54(55(36)77)62(84)70-63(88-29-30-92(4,5)6)50(76)32-48(66-58(80)45-23-21-43(22-24-45)42-19-17-41(18-20-42)40-15-11-8-12-16-40)59(81)67-51(37(2)73)64(85)71-34-46(75)31-49(71)60(82)69-53(61(83)68-52(38(3)74)65(72)86)57(79)56(78)44-25-27-47(28-26-44)90-91(87)89-35-39-13-9-7-10-14-39/h7-28,36-38,46,48-57,63,73-79,91H,29-35H2,1-6H3,(H,66,80)(H,67,81)(H,68,83)(H,69,82)(H,70,84)/t36-,37+,38+,46+,48?,49-,50+,51-,52-,53-,54-,55-,56-,57-,63+/m0/s1. The Labute approximate surface area is 534 Å². The quantitative estimate of drug-likeness (QED) is 0.0442. The summed E-state index contributed by atoms with van der Waals surface area (Å²) in [6.45, 7) is 8.88. The van der Waals surface area contributed by atoms with Crippen LogP contribution in [0.15, 0.2) is 133 Å². The fourth-order valence-corrected chi connectivity index (χ4v) is 12.5. The van der Waals surface area contributed by atoms with E-state index in [-0.39, 0.29) is 36.6 Å². The summed E-state index contributed by atoms with van der Waals surface area (Å²) in [6.07, 6.45) is -15.9. The first-order valence-electron chi connectivity index (χ1n) is 30.4. The molecule has 0 bridgehead atoms. The van der Waals surface area contributed by atoms with Crippen molar-refractivity contribution in [1.82, 2.24) is 36.4 Å². The number of hydrogen-bond donors (Lipinski definition) is 12. The summed E-state index contributed by atoms with van der Waals surface area (Å²) < 4.78 is 29.7. The van der Waals surface area contributed by atoms with Crippen molar-refractivity contribution in [1.29, 1.82) is 0 Å². The predicted molar refractivity (Wildman–Crippen MR) is 339 cm³/mol. The van der Waals surface area contributed by atoms with E-state index in [4.69, 9.17) is 13.8 Å². The lowest BCUT2D eigenvalue weighted by atomic mass is 9.96. The first-order valence-corrected chi connectivity index (χ1v) is 35.4. The second-order valence-corrected chi connectivity index (χ2v) is 31.4. The van der Waals surface area contributed by atoms with E-state index in [2.05, 4.69) is 26.6 Å². The van der Waals surface area contributed by atoms with Crippen molar-refractivity contribution < 1.29 is 87.7 Å². The second-order valence-electron chi connectivity index (χ2n) is 24.8. The number of carbonyl (C=O) groups excluding carboxylic acids is 7. The van der Waals surface area contributed by atoms with Gasteiger partial charge < -0.3 is 81.4 Å². The molecule has 3 saturated heterocycles. The second kappa shape index (κ2) is 31.3. The lowest BCUT2D eigenvalue weighted by Gasteiger charge is -2.34. The van der Waals surface area contributed by atoms with Gasteiger partial charge in [-0.3, -0.25) is 38.1 Å². The molecule has 3 heterocycles. The zero-order valence-electron chi connectivity index (χ0n) is 51.8. The monoisotopic (exact) mass is 1310 g/mol. The Hall–Kier alpha value is -7.72. The number of nitrogens with zero attached hydrogens (tertiary/aromatic N) is 2. The van der Waals surface area contributed by atoms with Gasteiger partial charge in [-0.05, 0) is 77.5 Å². The summed E-state index contributed by atoms with van der Waals surface area (Å²) in [6, 6.07) is 26.7. The molecule has 92 heavy (non-hydrogen) atoms. The number of carbonyl (C=O) groups is 7.